The van der Waals surface area contributed by atoms with Crippen LogP contribution in [0.5, 0.6) is 5.75 Å². The van der Waals surface area contributed by atoms with Crippen molar-refractivity contribution >= 4 is 15.9 Å². The highest BCUT2D eigenvalue weighted by molar-refractivity contribution is 9.10. The fourth-order valence-electron chi connectivity index (χ4n) is 1.21. The largest absolute Gasteiger partial charge is 0.491 e. The smallest absolute Gasteiger partial charge is 0.137 e. The second-order valence-corrected chi connectivity index (χ2v) is 5.07. The Kier molecular flexibility index (Phi) is 6.52. The standard InChI is InChI=1S/C13H18BrFO2/c1-10(2)5-6-16-7-8-17-11-3-4-13(15)12(14)9-11/h3-4,9-10H,5-8H2,1-2H3. The van der Waals surface area contributed by atoms with Crippen LogP contribution in [0, 0.1) is 11.7 Å². The zero-order valence-corrected chi connectivity index (χ0v) is 11.8. The van der Waals surface area contributed by atoms with Gasteiger partial charge in [-0.1, -0.05) is 13.8 Å². The first-order valence-corrected chi connectivity index (χ1v) is 6.54. The Morgan fingerprint density at radius 3 is 2.65 bits per heavy atom. The zero-order valence-electron chi connectivity index (χ0n) is 10.2. The van der Waals surface area contributed by atoms with Crippen molar-refractivity contribution in [1.82, 2.24) is 0 Å². The van der Waals surface area contributed by atoms with Crippen molar-refractivity contribution < 1.29 is 13.9 Å². The van der Waals surface area contributed by atoms with Crippen LogP contribution >= 0.6 is 15.9 Å². The molecule has 2 nitrogen and oxygen atoms in total. The van der Waals surface area contributed by atoms with E-state index in [0.29, 0.717) is 29.4 Å². The molecule has 0 aliphatic carbocycles. The minimum Gasteiger partial charge on any atom is -0.491 e. The van der Waals surface area contributed by atoms with Gasteiger partial charge in [-0.25, -0.2) is 4.39 Å². The Hall–Kier alpha value is -0.610. The maximum Gasteiger partial charge on any atom is 0.137 e. The van der Waals surface area contributed by atoms with E-state index in [1.165, 1.54) is 6.07 Å². The first kappa shape index (κ1) is 14.5. The lowest BCUT2D eigenvalue weighted by Crippen LogP contribution is -2.08. The number of ether oxygens (including phenoxy) is 2. The highest BCUT2D eigenvalue weighted by Gasteiger charge is 2.01. The summed E-state index contributed by atoms with van der Waals surface area (Å²) in [5, 5.41) is 0. The Morgan fingerprint density at radius 1 is 1.24 bits per heavy atom. The molecule has 96 valence electrons. The summed E-state index contributed by atoms with van der Waals surface area (Å²) < 4.78 is 24.2. The molecule has 0 aliphatic heterocycles. The first-order valence-electron chi connectivity index (χ1n) is 5.75. The summed E-state index contributed by atoms with van der Waals surface area (Å²) >= 11 is 3.11. The van der Waals surface area contributed by atoms with Crippen LogP contribution in [0.2, 0.25) is 0 Å². The second kappa shape index (κ2) is 7.67. The zero-order chi connectivity index (χ0) is 12.7. The molecule has 1 rings (SSSR count). The van der Waals surface area contributed by atoms with Crippen molar-refractivity contribution in [2.24, 2.45) is 5.92 Å². The van der Waals surface area contributed by atoms with Crippen LogP contribution in [0.25, 0.3) is 0 Å². The summed E-state index contributed by atoms with van der Waals surface area (Å²) in [6, 6.07) is 4.59. The van der Waals surface area contributed by atoms with Gasteiger partial charge in [-0.15, -0.1) is 0 Å². The predicted molar refractivity (Wildman–Crippen MR) is 69.9 cm³/mol. The van der Waals surface area contributed by atoms with Crippen molar-refractivity contribution in [3.63, 3.8) is 0 Å². The fraction of sp³-hybridized carbons (Fsp3) is 0.538. The van der Waals surface area contributed by atoms with Crippen molar-refractivity contribution in [1.29, 1.82) is 0 Å². The van der Waals surface area contributed by atoms with Crippen molar-refractivity contribution in [3.8, 4) is 5.75 Å². The van der Waals surface area contributed by atoms with E-state index >= 15 is 0 Å². The number of rotatable bonds is 7. The van der Waals surface area contributed by atoms with Crippen molar-refractivity contribution in [2.45, 2.75) is 20.3 Å². The summed E-state index contributed by atoms with van der Waals surface area (Å²) in [4.78, 5) is 0. The summed E-state index contributed by atoms with van der Waals surface area (Å²) in [5.74, 6) is 1.01. The van der Waals surface area contributed by atoms with Gasteiger partial charge in [-0.2, -0.15) is 0 Å². The molecule has 1 aromatic carbocycles. The summed E-state index contributed by atoms with van der Waals surface area (Å²) in [7, 11) is 0. The molecule has 0 unspecified atom stereocenters. The van der Waals surface area contributed by atoms with Gasteiger partial charge in [-0.3, -0.25) is 0 Å². The Morgan fingerprint density at radius 2 is 2.00 bits per heavy atom. The molecule has 0 heterocycles. The monoisotopic (exact) mass is 304 g/mol. The van der Waals surface area contributed by atoms with Gasteiger partial charge in [-0.05, 0) is 46.5 Å². The normalized spacial score (nSPS) is 10.9. The van der Waals surface area contributed by atoms with Crippen LogP contribution in [0.1, 0.15) is 20.3 Å². The third-order valence-electron chi connectivity index (χ3n) is 2.23. The van der Waals surface area contributed by atoms with Crippen LogP contribution in [-0.2, 0) is 4.74 Å². The van der Waals surface area contributed by atoms with Crippen molar-refractivity contribution in [3.05, 3.63) is 28.5 Å². The predicted octanol–water partition coefficient (Wildman–Crippen LogP) is 4.03. The summed E-state index contributed by atoms with van der Waals surface area (Å²) in [6.07, 6.45) is 1.06. The molecule has 17 heavy (non-hydrogen) atoms. The van der Waals surface area contributed by atoms with Crippen LogP contribution < -0.4 is 4.74 Å². The average Bonchev–Trinajstić information content (AvgIpc) is 2.27. The van der Waals surface area contributed by atoms with Gasteiger partial charge in [0.05, 0.1) is 11.1 Å². The van der Waals surface area contributed by atoms with Gasteiger partial charge in [0.1, 0.15) is 18.2 Å². The van der Waals surface area contributed by atoms with Crippen LogP contribution in [-0.4, -0.2) is 19.8 Å². The first-order chi connectivity index (χ1) is 8.09. The number of hydrogen-bond donors (Lipinski definition) is 0. The molecule has 1 aromatic rings. The minimum atomic E-state index is -0.287. The summed E-state index contributed by atoms with van der Waals surface area (Å²) in [6.45, 7) is 6.12. The second-order valence-electron chi connectivity index (χ2n) is 4.22. The molecular weight excluding hydrogens is 287 g/mol. The maximum atomic E-state index is 12.9. The van der Waals surface area contributed by atoms with Gasteiger partial charge in [0.15, 0.2) is 0 Å². The number of halogens is 2. The Balaban J connectivity index is 2.16. The highest BCUT2D eigenvalue weighted by Crippen LogP contribution is 2.21. The van der Waals surface area contributed by atoms with Crippen molar-refractivity contribution in [2.75, 3.05) is 19.8 Å². The molecule has 0 amide bonds. The lowest BCUT2D eigenvalue weighted by Gasteiger charge is -2.08. The van der Waals surface area contributed by atoms with Gasteiger partial charge >= 0.3 is 0 Å². The molecular formula is C13H18BrFO2. The summed E-state index contributed by atoms with van der Waals surface area (Å²) in [5.41, 5.74) is 0. The lowest BCUT2D eigenvalue weighted by molar-refractivity contribution is 0.0925. The molecule has 0 aromatic heterocycles. The van der Waals surface area contributed by atoms with Crippen LogP contribution in [0.4, 0.5) is 4.39 Å². The fourth-order valence-corrected chi connectivity index (χ4v) is 1.56. The van der Waals surface area contributed by atoms with Crippen LogP contribution in [0.15, 0.2) is 22.7 Å². The molecule has 0 spiro atoms. The average molecular weight is 305 g/mol. The molecule has 0 atom stereocenters. The Labute approximate surface area is 110 Å². The van der Waals surface area contributed by atoms with E-state index < -0.39 is 0 Å². The molecule has 0 aliphatic rings. The molecule has 0 bridgehead atoms. The van der Waals surface area contributed by atoms with E-state index in [2.05, 4.69) is 29.8 Å². The van der Waals surface area contributed by atoms with Gasteiger partial charge in [0.2, 0.25) is 0 Å². The third kappa shape index (κ3) is 6.03. The Bertz CT molecular complexity index is 342. The molecule has 0 saturated carbocycles. The van der Waals surface area contributed by atoms with E-state index in [4.69, 9.17) is 9.47 Å². The number of benzene rings is 1. The lowest BCUT2D eigenvalue weighted by atomic mass is 10.1. The SMILES string of the molecule is CC(C)CCOCCOc1ccc(F)c(Br)c1. The topological polar surface area (TPSA) is 18.5 Å². The van der Waals surface area contributed by atoms with E-state index in [1.54, 1.807) is 12.1 Å². The highest BCUT2D eigenvalue weighted by atomic mass is 79.9. The van der Waals surface area contributed by atoms with Gasteiger partial charge in [0, 0.05) is 6.61 Å². The third-order valence-corrected chi connectivity index (χ3v) is 2.83. The van der Waals surface area contributed by atoms with Gasteiger partial charge in [0.25, 0.3) is 0 Å². The molecule has 0 radical (unpaired) electrons. The van der Waals surface area contributed by atoms with E-state index in [-0.39, 0.29) is 5.82 Å². The maximum absolute atomic E-state index is 12.9. The molecule has 0 fully saturated rings. The van der Waals surface area contributed by atoms with Crippen LogP contribution in [0.3, 0.4) is 0 Å². The molecule has 4 heteroatoms. The number of hydrogen-bond acceptors (Lipinski definition) is 2. The van der Waals surface area contributed by atoms with E-state index in [9.17, 15) is 4.39 Å². The quantitative estimate of drug-likeness (QED) is 0.708. The van der Waals surface area contributed by atoms with E-state index in [0.717, 1.165) is 13.0 Å². The molecule has 0 saturated heterocycles. The van der Waals surface area contributed by atoms with Gasteiger partial charge < -0.3 is 9.47 Å². The van der Waals surface area contributed by atoms with E-state index in [1.807, 2.05) is 0 Å². The molecule has 0 N–H and O–H groups in total. The minimum absolute atomic E-state index is 0.287.